The molecule has 3 aromatic rings. The monoisotopic (exact) mass is 324 g/mol. The summed E-state index contributed by atoms with van der Waals surface area (Å²) in [5.41, 5.74) is 2.23. The standard InChI is InChI=1S/C15H14N8O.H2/c1-2-23-7-12(24)21-14-15(23)20-11(6-17-14)9-3-4-10(16-5-9)13-18-8-19-22-13;/h3-6,8H,2,7H2,1H3,(H,17,21,24)(H,18,19,22);1H. The Bertz CT molecular complexity index is 881. The fourth-order valence-corrected chi connectivity index (χ4v) is 2.52. The third-order valence-electron chi connectivity index (χ3n) is 3.74. The van der Waals surface area contributed by atoms with Crippen LogP contribution < -0.4 is 10.2 Å². The lowest BCUT2D eigenvalue weighted by Crippen LogP contribution is -2.39. The summed E-state index contributed by atoms with van der Waals surface area (Å²) in [7, 11) is 0. The van der Waals surface area contributed by atoms with Gasteiger partial charge < -0.3 is 10.2 Å². The number of hydrogen-bond acceptors (Lipinski definition) is 7. The Labute approximate surface area is 138 Å². The van der Waals surface area contributed by atoms with E-state index >= 15 is 0 Å². The summed E-state index contributed by atoms with van der Waals surface area (Å²) in [6.07, 6.45) is 4.78. The van der Waals surface area contributed by atoms with Gasteiger partial charge in [0.1, 0.15) is 12.0 Å². The van der Waals surface area contributed by atoms with Crippen molar-refractivity contribution in [1.29, 1.82) is 0 Å². The predicted octanol–water partition coefficient (Wildman–Crippen LogP) is 1.35. The molecule has 0 fully saturated rings. The first kappa shape index (κ1) is 14.2. The SMILES string of the molecule is CCN1CC(=O)Nc2ncc(-c3ccc(-c4ncn[nH]4)nc3)nc21.[HH]. The quantitative estimate of drug-likeness (QED) is 0.747. The van der Waals surface area contributed by atoms with Gasteiger partial charge in [-0.15, -0.1) is 0 Å². The molecule has 0 aromatic carbocycles. The molecule has 0 saturated heterocycles. The maximum atomic E-state index is 11.7. The maximum absolute atomic E-state index is 11.7. The van der Waals surface area contributed by atoms with Crippen molar-refractivity contribution in [3.8, 4) is 22.8 Å². The number of hydrogen-bond donors (Lipinski definition) is 2. The number of aromatic nitrogens is 6. The molecule has 9 nitrogen and oxygen atoms in total. The van der Waals surface area contributed by atoms with Crippen molar-refractivity contribution < 1.29 is 6.22 Å². The summed E-state index contributed by atoms with van der Waals surface area (Å²) >= 11 is 0. The van der Waals surface area contributed by atoms with E-state index < -0.39 is 0 Å². The number of carbonyl (C=O) groups is 1. The first-order valence-electron chi connectivity index (χ1n) is 7.48. The minimum absolute atomic E-state index is 0. The molecule has 122 valence electrons. The average molecular weight is 324 g/mol. The van der Waals surface area contributed by atoms with Crippen LogP contribution >= 0.6 is 0 Å². The lowest BCUT2D eigenvalue weighted by atomic mass is 10.2. The molecule has 1 aliphatic rings. The van der Waals surface area contributed by atoms with Crippen LogP contribution in [0.15, 0.2) is 30.9 Å². The van der Waals surface area contributed by atoms with Gasteiger partial charge in [-0.1, -0.05) is 0 Å². The van der Waals surface area contributed by atoms with Crippen LogP contribution in [0.2, 0.25) is 0 Å². The van der Waals surface area contributed by atoms with Crippen molar-refractivity contribution in [3.63, 3.8) is 0 Å². The number of amides is 1. The molecule has 4 heterocycles. The maximum Gasteiger partial charge on any atom is 0.245 e. The first-order chi connectivity index (χ1) is 11.7. The molecule has 1 amide bonds. The molecule has 0 unspecified atom stereocenters. The number of pyridine rings is 1. The summed E-state index contributed by atoms with van der Waals surface area (Å²) < 4.78 is 0. The summed E-state index contributed by atoms with van der Waals surface area (Å²) in [6, 6.07) is 3.75. The molecule has 0 radical (unpaired) electrons. The van der Waals surface area contributed by atoms with E-state index in [9.17, 15) is 4.79 Å². The number of anilines is 2. The molecule has 4 rings (SSSR count). The second-order valence-corrected chi connectivity index (χ2v) is 5.26. The number of fused-ring (bicyclic) bond motifs is 1. The highest BCUT2D eigenvalue weighted by Crippen LogP contribution is 2.28. The van der Waals surface area contributed by atoms with Crippen LogP contribution in [0.4, 0.5) is 11.6 Å². The molecule has 3 aromatic heterocycles. The van der Waals surface area contributed by atoms with E-state index in [2.05, 4.69) is 35.5 Å². The first-order valence-corrected chi connectivity index (χ1v) is 7.48. The molecule has 0 bridgehead atoms. The minimum atomic E-state index is -0.0792. The summed E-state index contributed by atoms with van der Waals surface area (Å²) in [5, 5.41) is 9.33. The summed E-state index contributed by atoms with van der Waals surface area (Å²) in [5.74, 6) is 1.69. The number of H-pyrrole nitrogens is 1. The van der Waals surface area contributed by atoms with E-state index in [0.717, 1.165) is 5.56 Å². The van der Waals surface area contributed by atoms with Gasteiger partial charge in [0.2, 0.25) is 5.91 Å². The molecule has 24 heavy (non-hydrogen) atoms. The van der Waals surface area contributed by atoms with Crippen molar-refractivity contribution in [3.05, 3.63) is 30.9 Å². The number of nitrogens with zero attached hydrogens (tertiary/aromatic N) is 6. The van der Waals surface area contributed by atoms with Crippen LogP contribution in [-0.4, -0.2) is 49.1 Å². The largest absolute Gasteiger partial charge is 0.344 e. The lowest BCUT2D eigenvalue weighted by Gasteiger charge is -2.27. The fraction of sp³-hybridized carbons (Fsp3) is 0.200. The van der Waals surface area contributed by atoms with E-state index in [1.807, 2.05) is 24.0 Å². The highest BCUT2D eigenvalue weighted by Gasteiger charge is 2.24. The fourth-order valence-electron chi connectivity index (χ4n) is 2.52. The Balaban J connectivity index is 0.00000182. The van der Waals surface area contributed by atoms with Gasteiger partial charge in [0.25, 0.3) is 0 Å². The van der Waals surface area contributed by atoms with Crippen LogP contribution in [0.25, 0.3) is 22.8 Å². The average Bonchev–Trinajstić information content (AvgIpc) is 3.15. The van der Waals surface area contributed by atoms with E-state index in [1.54, 1.807) is 12.4 Å². The van der Waals surface area contributed by atoms with Gasteiger partial charge in [0.05, 0.1) is 18.4 Å². The summed E-state index contributed by atoms with van der Waals surface area (Å²) in [4.78, 5) is 31.0. The van der Waals surface area contributed by atoms with E-state index in [4.69, 9.17) is 0 Å². The molecule has 0 aliphatic carbocycles. The summed E-state index contributed by atoms with van der Waals surface area (Å²) in [6.45, 7) is 2.94. The highest BCUT2D eigenvalue weighted by molar-refractivity contribution is 5.99. The zero-order valence-corrected chi connectivity index (χ0v) is 12.9. The predicted molar refractivity (Wildman–Crippen MR) is 89.3 cm³/mol. The normalized spacial score (nSPS) is 13.5. The van der Waals surface area contributed by atoms with Gasteiger partial charge in [-0.3, -0.25) is 14.9 Å². The van der Waals surface area contributed by atoms with Crippen LogP contribution in [0.1, 0.15) is 8.35 Å². The second-order valence-electron chi connectivity index (χ2n) is 5.26. The zero-order valence-electron chi connectivity index (χ0n) is 12.9. The minimum Gasteiger partial charge on any atom is -0.344 e. The Morgan fingerprint density at radius 2 is 2.12 bits per heavy atom. The lowest BCUT2D eigenvalue weighted by molar-refractivity contribution is -0.115. The van der Waals surface area contributed by atoms with Gasteiger partial charge in [-0.2, -0.15) is 5.10 Å². The second kappa shape index (κ2) is 5.69. The Hall–Kier alpha value is -3.36. The van der Waals surface area contributed by atoms with E-state index in [0.29, 0.717) is 35.4 Å². The van der Waals surface area contributed by atoms with Crippen LogP contribution in [-0.2, 0) is 4.79 Å². The molecule has 0 atom stereocenters. The Morgan fingerprint density at radius 3 is 2.83 bits per heavy atom. The van der Waals surface area contributed by atoms with E-state index in [1.165, 1.54) is 6.33 Å². The van der Waals surface area contributed by atoms with Crippen molar-refractivity contribution >= 4 is 17.5 Å². The highest BCUT2D eigenvalue weighted by atomic mass is 16.2. The van der Waals surface area contributed by atoms with Crippen LogP contribution in [0.5, 0.6) is 0 Å². The molecule has 9 heteroatoms. The number of rotatable bonds is 3. The zero-order chi connectivity index (χ0) is 16.5. The molecular weight excluding hydrogens is 308 g/mol. The molecular formula is C15H16N8O. The number of likely N-dealkylation sites (N-methyl/N-ethyl adjacent to an activating group) is 1. The molecule has 0 spiro atoms. The van der Waals surface area contributed by atoms with Gasteiger partial charge >= 0.3 is 0 Å². The Kier molecular flexibility index (Phi) is 3.38. The van der Waals surface area contributed by atoms with Crippen molar-refractivity contribution in [1.82, 2.24) is 30.1 Å². The van der Waals surface area contributed by atoms with Crippen LogP contribution in [0.3, 0.4) is 0 Å². The van der Waals surface area contributed by atoms with Gasteiger partial charge in [-0.25, -0.2) is 15.0 Å². The molecule has 2 N–H and O–H groups in total. The third kappa shape index (κ3) is 2.45. The number of carbonyl (C=O) groups excluding carboxylic acids is 1. The number of nitrogens with one attached hydrogen (secondary N) is 2. The third-order valence-corrected chi connectivity index (χ3v) is 3.74. The van der Waals surface area contributed by atoms with Gasteiger partial charge in [0.15, 0.2) is 17.5 Å². The smallest absolute Gasteiger partial charge is 0.245 e. The van der Waals surface area contributed by atoms with Crippen LogP contribution in [0, 0.1) is 0 Å². The van der Waals surface area contributed by atoms with Gasteiger partial charge in [0, 0.05) is 19.7 Å². The Morgan fingerprint density at radius 1 is 1.21 bits per heavy atom. The molecule has 1 aliphatic heterocycles. The molecule has 0 saturated carbocycles. The van der Waals surface area contributed by atoms with E-state index in [-0.39, 0.29) is 13.9 Å². The van der Waals surface area contributed by atoms with Crippen molar-refractivity contribution in [2.45, 2.75) is 6.92 Å². The van der Waals surface area contributed by atoms with Crippen molar-refractivity contribution in [2.24, 2.45) is 0 Å². The topological polar surface area (TPSA) is 113 Å². The van der Waals surface area contributed by atoms with Crippen molar-refractivity contribution in [2.75, 3.05) is 23.3 Å². The van der Waals surface area contributed by atoms with Gasteiger partial charge in [-0.05, 0) is 19.1 Å². The number of aromatic amines is 1.